The van der Waals surface area contributed by atoms with Crippen LogP contribution in [0, 0.1) is 0 Å². The zero-order chi connectivity index (χ0) is 16.5. The molecule has 1 aromatic rings. The number of imide groups is 1. The third-order valence-electron chi connectivity index (χ3n) is 2.48. The van der Waals surface area contributed by atoms with Gasteiger partial charge in [-0.3, -0.25) is 19.7 Å². The summed E-state index contributed by atoms with van der Waals surface area (Å²) >= 11 is 1.40. The molecule has 1 rings (SSSR count). The van der Waals surface area contributed by atoms with E-state index in [2.05, 4.69) is 10.6 Å². The van der Waals surface area contributed by atoms with Gasteiger partial charge in [0.25, 0.3) is 5.91 Å². The van der Waals surface area contributed by atoms with Crippen LogP contribution in [0.4, 0.5) is 4.79 Å². The lowest BCUT2D eigenvalue weighted by Gasteiger charge is -2.15. The summed E-state index contributed by atoms with van der Waals surface area (Å²) in [5, 5.41) is 8.64. The molecule has 0 bridgehead atoms. The molecule has 3 N–H and O–H groups in total. The second-order valence-corrected chi connectivity index (χ2v) is 5.24. The van der Waals surface area contributed by atoms with Crippen LogP contribution in [0.15, 0.2) is 17.5 Å². The van der Waals surface area contributed by atoms with E-state index >= 15 is 0 Å². The Morgan fingerprint density at radius 3 is 2.59 bits per heavy atom. The van der Waals surface area contributed by atoms with E-state index in [-0.39, 0.29) is 12.3 Å². The molecule has 0 spiro atoms. The van der Waals surface area contributed by atoms with Gasteiger partial charge in [0.05, 0.1) is 12.5 Å². The van der Waals surface area contributed by atoms with Crippen molar-refractivity contribution >= 4 is 35.2 Å². The number of hydrogen-bond acceptors (Lipinski definition) is 6. The highest BCUT2D eigenvalue weighted by atomic mass is 32.1. The normalized spacial score (nSPS) is 11.2. The second kappa shape index (κ2) is 8.78. The summed E-state index contributed by atoms with van der Waals surface area (Å²) in [7, 11) is 1.35. The molecule has 0 radical (unpaired) electrons. The molecule has 0 aromatic carbocycles. The first-order valence-corrected chi connectivity index (χ1v) is 7.28. The highest BCUT2D eigenvalue weighted by Gasteiger charge is 2.19. The summed E-state index contributed by atoms with van der Waals surface area (Å²) < 4.78 is 4.78. The predicted molar refractivity (Wildman–Crippen MR) is 79.1 cm³/mol. The summed E-state index contributed by atoms with van der Waals surface area (Å²) in [6.45, 7) is 0.784. The van der Waals surface area contributed by atoms with E-state index < -0.39 is 30.6 Å². The van der Waals surface area contributed by atoms with E-state index in [1.807, 2.05) is 10.7 Å². The number of carbonyl (C=O) groups excluding carboxylic acids is 4. The van der Waals surface area contributed by atoms with Gasteiger partial charge in [-0.15, -0.1) is 11.3 Å². The van der Waals surface area contributed by atoms with Gasteiger partial charge in [-0.05, 0) is 11.4 Å². The molecule has 120 valence electrons. The first-order chi connectivity index (χ1) is 10.4. The lowest BCUT2D eigenvalue weighted by Crippen LogP contribution is -2.40. The zero-order valence-electron chi connectivity index (χ0n) is 12.2. The Hall–Kier alpha value is -2.42. The van der Waals surface area contributed by atoms with Gasteiger partial charge < -0.3 is 15.4 Å². The standard InChI is InChI=1S/C13H17N3O5S/c1-8(17)15-9(10-4-3-5-22-10)6-12(19)21-7-11(18)16-13(20)14-2/h3-5,9H,6-7H2,1-2H3,(H,15,17)(H2,14,16,18,20). The number of esters is 1. The Morgan fingerprint density at radius 2 is 2.05 bits per heavy atom. The van der Waals surface area contributed by atoms with Crippen molar-refractivity contribution in [2.75, 3.05) is 13.7 Å². The molecule has 9 heteroatoms. The lowest BCUT2D eigenvalue weighted by atomic mass is 10.1. The van der Waals surface area contributed by atoms with Crippen LogP contribution < -0.4 is 16.0 Å². The van der Waals surface area contributed by atoms with Crippen LogP contribution in [0.2, 0.25) is 0 Å². The number of hydrogen-bond donors (Lipinski definition) is 3. The van der Waals surface area contributed by atoms with Crippen LogP contribution in [-0.4, -0.2) is 37.5 Å². The quantitative estimate of drug-likeness (QED) is 0.651. The van der Waals surface area contributed by atoms with E-state index in [9.17, 15) is 19.2 Å². The van der Waals surface area contributed by atoms with Gasteiger partial charge in [0.15, 0.2) is 6.61 Å². The Balaban J connectivity index is 2.48. The number of ether oxygens (including phenoxy) is 1. The van der Waals surface area contributed by atoms with Crippen molar-refractivity contribution in [2.24, 2.45) is 0 Å². The number of carbonyl (C=O) groups is 4. The Bertz CT molecular complexity index is 544. The molecular formula is C13H17N3O5S. The van der Waals surface area contributed by atoms with Gasteiger partial charge in [0, 0.05) is 18.8 Å². The third kappa shape index (κ3) is 6.35. The molecule has 0 aliphatic rings. The first-order valence-electron chi connectivity index (χ1n) is 6.40. The maximum atomic E-state index is 11.7. The fourth-order valence-electron chi connectivity index (χ4n) is 1.55. The summed E-state index contributed by atoms with van der Waals surface area (Å²) in [5.41, 5.74) is 0. The van der Waals surface area contributed by atoms with E-state index in [0.29, 0.717) is 0 Å². The van der Waals surface area contributed by atoms with Gasteiger partial charge in [-0.25, -0.2) is 4.79 Å². The van der Waals surface area contributed by atoms with E-state index in [1.165, 1.54) is 25.3 Å². The minimum absolute atomic E-state index is 0.104. The van der Waals surface area contributed by atoms with Crippen molar-refractivity contribution < 1.29 is 23.9 Å². The Kier molecular flexibility index (Phi) is 7.03. The van der Waals surface area contributed by atoms with Crippen LogP contribution in [0.3, 0.4) is 0 Å². The lowest BCUT2D eigenvalue weighted by molar-refractivity contribution is -0.148. The highest BCUT2D eigenvalue weighted by Crippen LogP contribution is 2.22. The van der Waals surface area contributed by atoms with Crippen molar-refractivity contribution in [1.29, 1.82) is 0 Å². The summed E-state index contributed by atoms with van der Waals surface area (Å²) in [6, 6.07) is 2.40. The Morgan fingerprint density at radius 1 is 1.32 bits per heavy atom. The molecule has 0 aliphatic heterocycles. The van der Waals surface area contributed by atoms with Gasteiger partial charge in [-0.2, -0.15) is 0 Å². The zero-order valence-corrected chi connectivity index (χ0v) is 13.0. The van der Waals surface area contributed by atoms with E-state index in [4.69, 9.17) is 4.74 Å². The number of nitrogens with one attached hydrogen (secondary N) is 3. The number of urea groups is 1. The largest absolute Gasteiger partial charge is 0.455 e. The number of thiophene rings is 1. The average Bonchev–Trinajstić information content (AvgIpc) is 2.98. The molecule has 0 aliphatic carbocycles. The van der Waals surface area contributed by atoms with Crippen LogP contribution in [0.1, 0.15) is 24.3 Å². The van der Waals surface area contributed by atoms with Crippen molar-refractivity contribution in [1.82, 2.24) is 16.0 Å². The van der Waals surface area contributed by atoms with Crippen molar-refractivity contribution in [3.8, 4) is 0 Å². The number of rotatable bonds is 6. The molecule has 22 heavy (non-hydrogen) atoms. The Labute approximate surface area is 131 Å². The topological polar surface area (TPSA) is 114 Å². The van der Waals surface area contributed by atoms with Crippen molar-refractivity contribution in [3.05, 3.63) is 22.4 Å². The van der Waals surface area contributed by atoms with Crippen molar-refractivity contribution in [3.63, 3.8) is 0 Å². The second-order valence-electron chi connectivity index (χ2n) is 4.26. The minimum Gasteiger partial charge on any atom is -0.455 e. The van der Waals surface area contributed by atoms with Crippen LogP contribution in [0.25, 0.3) is 0 Å². The van der Waals surface area contributed by atoms with Gasteiger partial charge >= 0.3 is 12.0 Å². The fourth-order valence-corrected chi connectivity index (χ4v) is 2.33. The smallest absolute Gasteiger partial charge is 0.321 e. The molecular weight excluding hydrogens is 310 g/mol. The molecule has 0 fully saturated rings. The maximum absolute atomic E-state index is 11.7. The summed E-state index contributed by atoms with van der Waals surface area (Å²) in [5.74, 6) is -1.66. The third-order valence-corrected chi connectivity index (χ3v) is 3.47. The van der Waals surface area contributed by atoms with E-state index in [1.54, 1.807) is 12.1 Å². The maximum Gasteiger partial charge on any atom is 0.321 e. The van der Waals surface area contributed by atoms with Crippen LogP contribution in [-0.2, 0) is 19.1 Å². The molecule has 4 amide bonds. The fraction of sp³-hybridized carbons (Fsp3) is 0.385. The highest BCUT2D eigenvalue weighted by molar-refractivity contribution is 7.10. The van der Waals surface area contributed by atoms with Crippen molar-refractivity contribution in [2.45, 2.75) is 19.4 Å². The summed E-state index contributed by atoms with van der Waals surface area (Å²) in [4.78, 5) is 45.9. The summed E-state index contributed by atoms with van der Waals surface area (Å²) in [6.07, 6.45) is -0.104. The minimum atomic E-state index is -0.736. The molecule has 1 atom stereocenters. The monoisotopic (exact) mass is 327 g/mol. The molecule has 1 aromatic heterocycles. The molecule has 1 unspecified atom stereocenters. The molecule has 8 nitrogen and oxygen atoms in total. The van der Waals surface area contributed by atoms with E-state index in [0.717, 1.165) is 4.88 Å². The van der Waals surface area contributed by atoms with Crippen LogP contribution in [0.5, 0.6) is 0 Å². The first kappa shape index (κ1) is 17.6. The SMILES string of the molecule is CNC(=O)NC(=O)COC(=O)CC(NC(C)=O)c1cccs1. The molecule has 1 heterocycles. The average molecular weight is 327 g/mol. The van der Waals surface area contributed by atoms with Gasteiger partial charge in [0.2, 0.25) is 5.91 Å². The molecule has 0 saturated heterocycles. The van der Waals surface area contributed by atoms with Gasteiger partial charge in [0.1, 0.15) is 0 Å². The predicted octanol–water partition coefficient (Wildman–Crippen LogP) is 0.314. The van der Waals surface area contributed by atoms with Crippen LogP contribution >= 0.6 is 11.3 Å². The number of amides is 4. The molecule has 0 saturated carbocycles. The van der Waals surface area contributed by atoms with Gasteiger partial charge in [-0.1, -0.05) is 6.07 Å².